The average Bonchev–Trinajstić information content (AvgIpc) is 2.32. The van der Waals surface area contributed by atoms with E-state index in [1.807, 2.05) is 0 Å². The summed E-state index contributed by atoms with van der Waals surface area (Å²) in [7, 11) is 0. The highest BCUT2D eigenvalue weighted by Crippen LogP contribution is 2.06. The van der Waals surface area contributed by atoms with Crippen molar-refractivity contribution < 1.29 is 14.4 Å². The molecule has 3 amide bonds. The first-order valence-corrected chi connectivity index (χ1v) is 5.57. The third kappa shape index (κ3) is 2.80. The van der Waals surface area contributed by atoms with Crippen LogP contribution in [-0.4, -0.2) is 33.7 Å². The van der Waals surface area contributed by atoms with E-state index in [1.165, 1.54) is 12.3 Å². The first kappa shape index (κ1) is 12.4. The number of imide groups is 1. The summed E-state index contributed by atoms with van der Waals surface area (Å²) in [6, 6.07) is 0.650. The standard InChI is InChI=1S/C10H9ClN4O3/c11-10-12-4-3-6(14-10)8(17)13-5-1-2-7(16)15-9(5)18/h3-5H,1-2H2,(H,13,17)(H,15,16,18). The van der Waals surface area contributed by atoms with Gasteiger partial charge < -0.3 is 5.32 Å². The Morgan fingerprint density at radius 2 is 2.28 bits per heavy atom. The van der Waals surface area contributed by atoms with Gasteiger partial charge in [-0.25, -0.2) is 9.97 Å². The monoisotopic (exact) mass is 268 g/mol. The van der Waals surface area contributed by atoms with Crippen LogP contribution in [0.4, 0.5) is 0 Å². The molecular formula is C10H9ClN4O3. The quantitative estimate of drug-likeness (QED) is 0.565. The minimum Gasteiger partial charge on any atom is -0.339 e. The van der Waals surface area contributed by atoms with Gasteiger partial charge in [-0.1, -0.05) is 0 Å². The van der Waals surface area contributed by atoms with Gasteiger partial charge in [0.05, 0.1) is 0 Å². The Balaban J connectivity index is 2.03. The third-order valence-corrected chi connectivity index (χ3v) is 2.59. The van der Waals surface area contributed by atoms with E-state index in [0.29, 0.717) is 0 Å². The van der Waals surface area contributed by atoms with Crippen LogP contribution >= 0.6 is 11.6 Å². The van der Waals surface area contributed by atoms with Crippen LogP contribution in [0.1, 0.15) is 23.3 Å². The van der Waals surface area contributed by atoms with Crippen LogP contribution < -0.4 is 10.6 Å². The third-order valence-electron chi connectivity index (χ3n) is 2.40. The number of piperidine rings is 1. The zero-order chi connectivity index (χ0) is 13.1. The Bertz CT molecular complexity index is 520. The van der Waals surface area contributed by atoms with Gasteiger partial charge in [0, 0.05) is 12.6 Å². The summed E-state index contributed by atoms with van der Waals surface area (Å²) in [5.74, 6) is -1.39. The number of nitrogens with one attached hydrogen (secondary N) is 2. The van der Waals surface area contributed by atoms with Crippen molar-refractivity contribution in [1.82, 2.24) is 20.6 Å². The molecule has 1 fully saturated rings. The Labute approximate surface area is 107 Å². The lowest BCUT2D eigenvalue weighted by Gasteiger charge is -2.21. The number of carbonyl (C=O) groups excluding carboxylic acids is 3. The number of rotatable bonds is 2. The van der Waals surface area contributed by atoms with Crippen LogP contribution in [0.15, 0.2) is 12.3 Å². The van der Waals surface area contributed by atoms with Gasteiger partial charge in [0.2, 0.25) is 17.1 Å². The highest BCUT2D eigenvalue weighted by molar-refractivity contribution is 6.28. The van der Waals surface area contributed by atoms with Gasteiger partial charge >= 0.3 is 0 Å². The maximum Gasteiger partial charge on any atom is 0.270 e. The van der Waals surface area contributed by atoms with Gasteiger partial charge in [0.25, 0.3) is 5.91 Å². The van der Waals surface area contributed by atoms with E-state index in [9.17, 15) is 14.4 Å². The van der Waals surface area contributed by atoms with E-state index in [-0.39, 0.29) is 29.7 Å². The normalized spacial score (nSPS) is 19.3. The van der Waals surface area contributed by atoms with Crippen LogP contribution in [0.5, 0.6) is 0 Å². The smallest absolute Gasteiger partial charge is 0.270 e. The first-order valence-electron chi connectivity index (χ1n) is 5.19. The fourth-order valence-electron chi connectivity index (χ4n) is 1.52. The minimum atomic E-state index is -0.732. The molecule has 1 unspecified atom stereocenters. The number of hydrogen-bond acceptors (Lipinski definition) is 5. The summed E-state index contributed by atoms with van der Waals surface area (Å²) >= 11 is 5.55. The molecule has 0 spiro atoms. The minimum absolute atomic E-state index is 0.0501. The van der Waals surface area contributed by atoms with Gasteiger partial charge in [0.1, 0.15) is 11.7 Å². The zero-order valence-electron chi connectivity index (χ0n) is 9.14. The molecule has 1 aliphatic heterocycles. The van der Waals surface area contributed by atoms with E-state index in [2.05, 4.69) is 20.6 Å². The summed E-state index contributed by atoms with van der Waals surface area (Å²) in [5.41, 5.74) is 0.0692. The predicted molar refractivity (Wildman–Crippen MR) is 60.7 cm³/mol. The van der Waals surface area contributed by atoms with E-state index in [0.717, 1.165) is 0 Å². The molecule has 7 nitrogen and oxygen atoms in total. The Morgan fingerprint density at radius 3 is 2.94 bits per heavy atom. The molecule has 1 aromatic heterocycles. The number of aromatic nitrogens is 2. The van der Waals surface area contributed by atoms with Gasteiger partial charge in [-0.3, -0.25) is 19.7 Å². The lowest BCUT2D eigenvalue weighted by atomic mass is 10.1. The second kappa shape index (κ2) is 5.09. The molecule has 1 aliphatic rings. The van der Waals surface area contributed by atoms with Crippen LogP contribution in [0.2, 0.25) is 5.28 Å². The molecule has 0 bridgehead atoms. The number of carbonyl (C=O) groups is 3. The molecule has 94 valence electrons. The Morgan fingerprint density at radius 1 is 1.50 bits per heavy atom. The molecule has 1 atom stereocenters. The highest BCUT2D eigenvalue weighted by atomic mass is 35.5. The second-order valence-electron chi connectivity index (χ2n) is 3.69. The molecule has 1 saturated heterocycles. The molecule has 8 heteroatoms. The molecular weight excluding hydrogens is 260 g/mol. The summed E-state index contributed by atoms with van der Waals surface area (Å²) in [6.07, 6.45) is 1.81. The number of halogens is 1. The maximum absolute atomic E-state index is 11.8. The molecule has 18 heavy (non-hydrogen) atoms. The first-order chi connectivity index (χ1) is 8.56. The van der Waals surface area contributed by atoms with Gasteiger partial charge in [-0.05, 0) is 24.1 Å². The molecule has 0 radical (unpaired) electrons. The van der Waals surface area contributed by atoms with E-state index >= 15 is 0 Å². The molecule has 0 aliphatic carbocycles. The Kier molecular flexibility index (Phi) is 3.52. The molecule has 0 saturated carbocycles. The van der Waals surface area contributed by atoms with E-state index in [4.69, 9.17) is 11.6 Å². The van der Waals surface area contributed by atoms with Crippen LogP contribution in [0, 0.1) is 0 Å². The van der Waals surface area contributed by atoms with Gasteiger partial charge in [-0.15, -0.1) is 0 Å². The molecule has 2 N–H and O–H groups in total. The zero-order valence-corrected chi connectivity index (χ0v) is 9.90. The summed E-state index contributed by atoms with van der Waals surface area (Å²) < 4.78 is 0. The Hall–Kier alpha value is -2.02. The summed E-state index contributed by atoms with van der Waals surface area (Å²) in [6.45, 7) is 0. The van der Waals surface area contributed by atoms with E-state index < -0.39 is 17.9 Å². The van der Waals surface area contributed by atoms with Crippen molar-refractivity contribution >= 4 is 29.3 Å². The van der Waals surface area contributed by atoms with Crippen LogP contribution in [0.3, 0.4) is 0 Å². The summed E-state index contributed by atoms with van der Waals surface area (Å²) in [4.78, 5) is 41.5. The second-order valence-corrected chi connectivity index (χ2v) is 4.03. The van der Waals surface area contributed by atoms with Crippen molar-refractivity contribution in [1.29, 1.82) is 0 Å². The maximum atomic E-state index is 11.8. The number of amides is 3. The molecule has 2 rings (SSSR count). The average molecular weight is 269 g/mol. The number of nitrogens with zero attached hydrogens (tertiary/aromatic N) is 2. The van der Waals surface area contributed by atoms with Gasteiger partial charge in [0.15, 0.2) is 0 Å². The fraction of sp³-hybridized carbons (Fsp3) is 0.300. The lowest BCUT2D eigenvalue weighted by Crippen LogP contribution is -2.52. The van der Waals surface area contributed by atoms with Crippen LogP contribution in [-0.2, 0) is 9.59 Å². The fourth-order valence-corrected chi connectivity index (χ4v) is 1.67. The van der Waals surface area contributed by atoms with Crippen molar-refractivity contribution in [2.24, 2.45) is 0 Å². The predicted octanol–water partition coefficient (Wildman–Crippen LogP) is -0.335. The van der Waals surface area contributed by atoms with Gasteiger partial charge in [-0.2, -0.15) is 0 Å². The van der Waals surface area contributed by atoms with E-state index in [1.54, 1.807) is 0 Å². The largest absolute Gasteiger partial charge is 0.339 e. The topological polar surface area (TPSA) is 101 Å². The van der Waals surface area contributed by atoms with Crippen molar-refractivity contribution in [2.75, 3.05) is 0 Å². The highest BCUT2D eigenvalue weighted by Gasteiger charge is 2.28. The lowest BCUT2D eigenvalue weighted by molar-refractivity contribution is -0.134. The summed E-state index contributed by atoms with van der Waals surface area (Å²) in [5, 5.41) is 4.58. The number of hydrogen-bond donors (Lipinski definition) is 2. The van der Waals surface area contributed by atoms with Crippen molar-refractivity contribution in [2.45, 2.75) is 18.9 Å². The molecule has 0 aromatic carbocycles. The van der Waals surface area contributed by atoms with Crippen molar-refractivity contribution in [3.8, 4) is 0 Å². The molecule has 2 heterocycles. The SMILES string of the molecule is O=C1CCC(NC(=O)c2ccnc(Cl)n2)C(=O)N1. The molecule has 1 aromatic rings. The van der Waals surface area contributed by atoms with Crippen molar-refractivity contribution in [3.05, 3.63) is 23.2 Å². The van der Waals surface area contributed by atoms with Crippen LogP contribution in [0.25, 0.3) is 0 Å². The van der Waals surface area contributed by atoms with Crippen molar-refractivity contribution in [3.63, 3.8) is 0 Å².